The fourth-order valence-electron chi connectivity index (χ4n) is 2.70. The number of para-hydroxylation sites is 1. The number of rotatable bonds is 5. The van der Waals surface area contributed by atoms with Gasteiger partial charge in [0.05, 0.1) is 19.7 Å². The highest BCUT2D eigenvalue weighted by molar-refractivity contribution is 5.78. The van der Waals surface area contributed by atoms with E-state index in [1.165, 1.54) is 0 Å². The van der Waals surface area contributed by atoms with Gasteiger partial charge in [-0.25, -0.2) is 0 Å². The van der Waals surface area contributed by atoms with Gasteiger partial charge < -0.3 is 15.8 Å². The summed E-state index contributed by atoms with van der Waals surface area (Å²) < 4.78 is 5.33. The molecular weight excluding hydrogens is 266 g/mol. The lowest BCUT2D eigenvalue weighted by Gasteiger charge is -2.29. The van der Waals surface area contributed by atoms with Gasteiger partial charge in [-0.2, -0.15) is 0 Å². The van der Waals surface area contributed by atoms with Gasteiger partial charge in [0.2, 0.25) is 5.91 Å². The van der Waals surface area contributed by atoms with Crippen molar-refractivity contribution in [2.24, 2.45) is 5.73 Å². The van der Waals surface area contributed by atoms with Crippen LogP contribution in [-0.2, 0) is 4.79 Å². The molecule has 1 aliphatic heterocycles. The fourth-order valence-corrected chi connectivity index (χ4v) is 2.70. The number of likely N-dealkylation sites (tertiary alicyclic amines) is 1. The van der Waals surface area contributed by atoms with Crippen LogP contribution in [0.2, 0.25) is 0 Å². The van der Waals surface area contributed by atoms with E-state index in [1.54, 1.807) is 7.11 Å². The Morgan fingerprint density at radius 2 is 2.10 bits per heavy atom. The number of piperidine rings is 1. The molecule has 0 saturated carbocycles. The van der Waals surface area contributed by atoms with Crippen LogP contribution >= 0.6 is 0 Å². The van der Waals surface area contributed by atoms with E-state index in [0.29, 0.717) is 6.54 Å². The number of nitrogens with one attached hydrogen (secondary N) is 1. The normalized spacial score (nSPS) is 18.2. The molecule has 116 valence electrons. The van der Waals surface area contributed by atoms with Crippen molar-refractivity contribution in [2.45, 2.75) is 31.8 Å². The van der Waals surface area contributed by atoms with Crippen LogP contribution < -0.4 is 15.8 Å². The first-order valence-electron chi connectivity index (χ1n) is 7.50. The average molecular weight is 291 g/mol. The summed E-state index contributed by atoms with van der Waals surface area (Å²) in [7, 11) is 1.64. The number of nitrogens with zero attached hydrogens (tertiary/aromatic N) is 1. The van der Waals surface area contributed by atoms with E-state index >= 15 is 0 Å². The van der Waals surface area contributed by atoms with Crippen molar-refractivity contribution in [3.8, 4) is 5.75 Å². The summed E-state index contributed by atoms with van der Waals surface area (Å²) in [4.78, 5) is 14.3. The predicted octanol–water partition coefficient (Wildman–Crippen LogP) is 1.30. The minimum absolute atomic E-state index is 0.0453. The average Bonchev–Trinajstić information content (AvgIpc) is 2.49. The maximum Gasteiger partial charge on any atom is 0.234 e. The monoisotopic (exact) mass is 291 g/mol. The Balaban J connectivity index is 1.87. The van der Waals surface area contributed by atoms with Gasteiger partial charge in [-0.3, -0.25) is 9.69 Å². The molecule has 0 unspecified atom stereocenters. The predicted molar refractivity (Wildman–Crippen MR) is 83.2 cm³/mol. The number of carbonyl (C=O) groups is 1. The van der Waals surface area contributed by atoms with Gasteiger partial charge in [0.15, 0.2) is 0 Å². The number of carbonyl (C=O) groups excluding carboxylic acids is 1. The number of nitrogens with two attached hydrogens (primary N) is 1. The second-order valence-corrected chi connectivity index (χ2v) is 5.64. The molecule has 1 fully saturated rings. The van der Waals surface area contributed by atoms with E-state index in [-0.39, 0.29) is 18.0 Å². The van der Waals surface area contributed by atoms with Gasteiger partial charge in [-0.15, -0.1) is 0 Å². The van der Waals surface area contributed by atoms with Crippen molar-refractivity contribution in [1.82, 2.24) is 10.2 Å². The van der Waals surface area contributed by atoms with Gasteiger partial charge in [0.1, 0.15) is 5.75 Å². The number of hydrogen-bond donors (Lipinski definition) is 2. The van der Waals surface area contributed by atoms with Crippen molar-refractivity contribution >= 4 is 5.91 Å². The zero-order valence-electron chi connectivity index (χ0n) is 12.8. The molecule has 21 heavy (non-hydrogen) atoms. The van der Waals surface area contributed by atoms with Crippen LogP contribution in [0, 0.1) is 0 Å². The maximum atomic E-state index is 12.2. The lowest BCUT2D eigenvalue weighted by atomic mass is 10.1. The standard InChI is InChI=1S/C16H25N3O2/c1-12(14-5-3-4-6-15(14)21-2)18-16(20)11-19-9-7-13(17)8-10-19/h3-6,12-13H,7-11,17H2,1-2H3,(H,18,20)/t12-/m0/s1. The van der Waals surface area contributed by atoms with Crippen LogP contribution in [-0.4, -0.2) is 43.6 Å². The zero-order chi connectivity index (χ0) is 15.2. The second-order valence-electron chi connectivity index (χ2n) is 5.64. The molecule has 1 aromatic carbocycles. The third-order valence-electron chi connectivity index (χ3n) is 3.98. The van der Waals surface area contributed by atoms with Crippen LogP contribution in [0.4, 0.5) is 0 Å². The summed E-state index contributed by atoms with van der Waals surface area (Å²) in [6.07, 6.45) is 1.94. The molecule has 1 atom stereocenters. The van der Waals surface area contributed by atoms with E-state index in [9.17, 15) is 4.79 Å². The lowest BCUT2D eigenvalue weighted by Crippen LogP contribution is -2.44. The quantitative estimate of drug-likeness (QED) is 0.858. The molecule has 5 nitrogen and oxygen atoms in total. The Morgan fingerprint density at radius 1 is 1.43 bits per heavy atom. The van der Waals surface area contributed by atoms with E-state index < -0.39 is 0 Å². The van der Waals surface area contributed by atoms with E-state index in [2.05, 4.69) is 10.2 Å². The SMILES string of the molecule is COc1ccccc1[C@H](C)NC(=O)CN1CCC(N)CC1. The van der Waals surface area contributed by atoms with Crippen LogP contribution in [0.1, 0.15) is 31.4 Å². The van der Waals surface area contributed by atoms with Crippen molar-refractivity contribution in [2.75, 3.05) is 26.7 Å². The highest BCUT2D eigenvalue weighted by atomic mass is 16.5. The number of benzene rings is 1. The Morgan fingerprint density at radius 3 is 2.76 bits per heavy atom. The van der Waals surface area contributed by atoms with Gasteiger partial charge in [-0.1, -0.05) is 18.2 Å². The summed E-state index contributed by atoms with van der Waals surface area (Å²) in [6, 6.07) is 7.98. The van der Waals surface area contributed by atoms with Crippen molar-refractivity contribution in [3.63, 3.8) is 0 Å². The largest absolute Gasteiger partial charge is 0.496 e. The molecule has 1 heterocycles. The Kier molecular flexibility index (Phi) is 5.59. The summed E-state index contributed by atoms with van der Waals surface area (Å²) >= 11 is 0. The first kappa shape index (κ1) is 15.8. The third-order valence-corrected chi connectivity index (χ3v) is 3.98. The smallest absolute Gasteiger partial charge is 0.234 e. The Hall–Kier alpha value is -1.59. The van der Waals surface area contributed by atoms with Crippen LogP contribution in [0.5, 0.6) is 5.75 Å². The second kappa shape index (κ2) is 7.43. The van der Waals surface area contributed by atoms with Gasteiger partial charge in [0, 0.05) is 24.7 Å². The van der Waals surface area contributed by atoms with Crippen molar-refractivity contribution < 1.29 is 9.53 Å². The van der Waals surface area contributed by atoms with E-state index in [4.69, 9.17) is 10.5 Å². The fraction of sp³-hybridized carbons (Fsp3) is 0.562. The molecular formula is C16H25N3O2. The van der Waals surface area contributed by atoms with Crippen LogP contribution in [0.25, 0.3) is 0 Å². The summed E-state index contributed by atoms with van der Waals surface area (Å²) in [5, 5.41) is 3.04. The number of ether oxygens (including phenoxy) is 1. The minimum Gasteiger partial charge on any atom is -0.496 e. The highest BCUT2D eigenvalue weighted by Crippen LogP contribution is 2.24. The molecule has 0 bridgehead atoms. The molecule has 0 radical (unpaired) electrons. The number of amides is 1. The van der Waals surface area contributed by atoms with Gasteiger partial charge >= 0.3 is 0 Å². The molecule has 1 aliphatic rings. The number of methoxy groups -OCH3 is 1. The molecule has 0 aliphatic carbocycles. The summed E-state index contributed by atoms with van der Waals surface area (Å²) in [5.74, 6) is 0.845. The Bertz CT molecular complexity index is 470. The molecule has 1 aromatic rings. The first-order valence-corrected chi connectivity index (χ1v) is 7.50. The minimum atomic E-state index is -0.0688. The number of hydrogen-bond acceptors (Lipinski definition) is 4. The Labute approximate surface area is 126 Å². The van der Waals surface area contributed by atoms with Crippen LogP contribution in [0.15, 0.2) is 24.3 Å². The van der Waals surface area contributed by atoms with E-state index in [0.717, 1.165) is 37.2 Å². The van der Waals surface area contributed by atoms with Crippen molar-refractivity contribution in [1.29, 1.82) is 0 Å². The highest BCUT2D eigenvalue weighted by Gasteiger charge is 2.20. The lowest BCUT2D eigenvalue weighted by molar-refractivity contribution is -0.123. The van der Waals surface area contributed by atoms with E-state index in [1.807, 2.05) is 31.2 Å². The van der Waals surface area contributed by atoms with Crippen molar-refractivity contribution in [3.05, 3.63) is 29.8 Å². The summed E-state index contributed by atoms with van der Waals surface area (Å²) in [6.45, 7) is 4.21. The third kappa shape index (κ3) is 4.44. The molecule has 1 saturated heterocycles. The van der Waals surface area contributed by atoms with Gasteiger partial charge in [0.25, 0.3) is 0 Å². The molecule has 5 heteroatoms. The topological polar surface area (TPSA) is 67.6 Å². The molecule has 0 aromatic heterocycles. The van der Waals surface area contributed by atoms with Crippen LogP contribution in [0.3, 0.4) is 0 Å². The zero-order valence-corrected chi connectivity index (χ0v) is 12.8. The molecule has 3 N–H and O–H groups in total. The maximum absolute atomic E-state index is 12.2. The van der Waals surface area contributed by atoms with Gasteiger partial charge in [-0.05, 0) is 25.8 Å². The summed E-state index contributed by atoms with van der Waals surface area (Å²) in [5.41, 5.74) is 6.87. The molecule has 2 rings (SSSR count). The molecule has 1 amide bonds. The molecule has 0 spiro atoms. The first-order chi connectivity index (χ1) is 10.1.